The Kier molecular flexibility index (Phi) is 9.23. The van der Waals surface area contributed by atoms with Crippen molar-refractivity contribution in [2.75, 3.05) is 13.2 Å². The van der Waals surface area contributed by atoms with Crippen molar-refractivity contribution in [2.24, 2.45) is 0 Å². The number of benzene rings is 4. The van der Waals surface area contributed by atoms with Crippen LogP contribution in [0, 0.1) is 0 Å². The third kappa shape index (κ3) is 6.49. The lowest BCUT2D eigenvalue weighted by Gasteiger charge is -2.10. The maximum atomic E-state index is 11.8. The molecular formula is C37H28Cl4N4O5S. The summed E-state index contributed by atoms with van der Waals surface area (Å²) < 4.78 is 49.1. The first-order valence-corrected chi connectivity index (χ1v) is 19.0. The van der Waals surface area contributed by atoms with Crippen molar-refractivity contribution in [2.45, 2.75) is 37.4 Å². The summed E-state index contributed by atoms with van der Waals surface area (Å²) in [6, 6.07) is 23.4. The van der Waals surface area contributed by atoms with Crippen molar-refractivity contribution in [1.82, 2.24) is 19.6 Å². The van der Waals surface area contributed by atoms with Gasteiger partial charge in [-0.3, -0.25) is 4.55 Å². The van der Waals surface area contributed by atoms with Crippen LogP contribution in [0.3, 0.4) is 0 Å². The molecule has 2 aliphatic rings. The Morgan fingerprint density at radius 2 is 1.20 bits per heavy atom. The molecule has 4 aromatic carbocycles. The molecule has 0 spiro atoms. The van der Waals surface area contributed by atoms with E-state index in [1.54, 1.807) is 41.1 Å². The second-order valence-corrected chi connectivity index (χ2v) is 15.4. The van der Waals surface area contributed by atoms with Gasteiger partial charge in [-0.2, -0.15) is 18.6 Å². The molecule has 2 heterocycles. The summed E-state index contributed by atoms with van der Waals surface area (Å²) >= 11 is 25.5. The van der Waals surface area contributed by atoms with Gasteiger partial charge in [-0.05, 0) is 66.1 Å². The van der Waals surface area contributed by atoms with Gasteiger partial charge in [0.1, 0.15) is 0 Å². The van der Waals surface area contributed by atoms with Crippen molar-refractivity contribution in [3.05, 3.63) is 133 Å². The number of hydrogen-bond acceptors (Lipinski definition) is 6. The fourth-order valence-electron chi connectivity index (χ4n) is 6.80. The molecule has 0 atom stereocenters. The average molecular weight is 783 g/mol. The first-order chi connectivity index (χ1) is 24.6. The number of ether oxygens (including phenoxy) is 2. The molecule has 9 nitrogen and oxygen atoms in total. The summed E-state index contributed by atoms with van der Waals surface area (Å²) in [7, 11) is -4.36. The number of hydrogen-bond donors (Lipinski definition) is 1. The van der Waals surface area contributed by atoms with Gasteiger partial charge >= 0.3 is 0 Å². The predicted molar refractivity (Wildman–Crippen MR) is 197 cm³/mol. The van der Waals surface area contributed by atoms with Gasteiger partial charge in [0.05, 0.1) is 62.3 Å². The smallest absolute Gasteiger partial charge is 0.294 e. The van der Waals surface area contributed by atoms with Gasteiger partial charge < -0.3 is 9.47 Å². The summed E-state index contributed by atoms with van der Waals surface area (Å²) in [6.07, 6.45) is 1.82. The van der Waals surface area contributed by atoms with Gasteiger partial charge in [-0.25, -0.2) is 9.36 Å². The van der Waals surface area contributed by atoms with Gasteiger partial charge in [0.15, 0.2) is 0 Å². The molecule has 2 aromatic heterocycles. The molecule has 0 saturated carbocycles. The Balaban J connectivity index is 0.950. The van der Waals surface area contributed by atoms with Crippen molar-refractivity contribution in [1.29, 1.82) is 0 Å². The summed E-state index contributed by atoms with van der Waals surface area (Å²) in [5.74, 6) is 0. The Morgan fingerprint density at radius 3 is 1.75 bits per heavy atom. The molecule has 0 amide bonds. The first-order valence-electron chi connectivity index (χ1n) is 16.0. The van der Waals surface area contributed by atoms with Gasteiger partial charge in [0.25, 0.3) is 10.1 Å². The van der Waals surface area contributed by atoms with E-state index in [-0.39, 0.29) is 11.5 Å². The number of rotatable bonds is 11. The lowest BCUT2D eigenvalue weighted by atomic mass is 10.1. The zero-order valence-corrected chi connectivity index (χ0v) is 30.6. The predicted octanol–water partition coefficient (Wildman–Crippen LogP) is 9.18. The van der Waals surface area contributed by atoms with Gasteiger partial charge in [0, 0.05) is 58.4 Å². The van der Waals surface area contributed by atoms with E-state index in [4.69, 9.17) is 66.1 Å². The second-order valence-electron chi connectivity index (χ2n) is 12.3. The van der Waals surface area contributed by atoms with E-state index in [9.17, 15) is 13.0 Å². The van der Waals surface area contributed by atoms with Crippen molar-refractivity contribution in [3.63, 3.8) is 0 Å². The lowest BCUT2D eigenvalue weighted by Crippen LogP contribution is -2.06. The minimum absolute atomic E-state index is 0.164. The summed E-state index contributed by atoms with van der Waals surface area (Å²) in [5, 5.41) is 11.8. The van der Waals surface area contributed by atoms with E-state index >= 15 is 0 Å². The zero-order chi connectivity index (χ0) is 35.4. The van der Waals surface area contributed by atoms with E-state index in [2.05, 4.69) is 12.1 Å². The Bertz CT molecular complexity index is 2460. The van der Waals surface area contributed by atoms with Crippen LogP contribution in [0.5, 0.6) is 0 Å². The zero-order valence-electron chi connectivity index (χ0n) is 26.7. The Morgan fingerprint density at radius 1 is 0.667 bits per heavy atom. The molecule has 8 rings (SSSR count). The van der Waals surface area contributed by atoms with Crippen LogP contribution in [0.1, 0.15) is 40.1 Å². The maximum absolute atomic E-state index is 11.8. The minimum atomic E-state index is -4.36. The van der Waals surface area contributed by atoms with Gasteiger partial charge in [-0.1, -0.05) is 76.7 Å². The fraction of sp³-hybridized carbons (Fsp3) is 0.189. The molecule has 0 radical (unpaired) electrons. The summed E-state index contributed by atoms with van der Waals surface area (Å²) in [5.41, 5.74) is 10.6. The fourth-order valence-corrected chi connectivity index (χ4v) is 8.31. The molecule has 0 aliphatic heterocycles. The third-order valence-electron chi connectivity index (χ3n) is 9.10. The van der Waals surface area contributed by atoms with Gasteiger partial charge in [0.2, 0.25) is 0 Å². The molecule has 0 fully saturated rings. The van der Waals surface area contributed by atoms with Crippen molar-refractivity contribution < 1.29 is 22.4 Å². The molecule has 0 saturated heterocycles. The summed E-state index contributed by atoms with van der Waals surface area (Å²) in [6.45, 7) is 1.42. The number of fused-ring (bicyclic) bond motifs is 6. The summed E-state index contributed by atoms with van der Waals surface area (Å²) in [4.78, 5) is -0.164. The molecule has 0 bridgehead atoms. The minimum Gasteiger partial charge on any atom is -0.375 e. The standard InChI is InChI=1S/C37H28Cl4N4O5S/c38-23-6-10-34(30(40)17-23)44-36-26-5-2-1-4-21(26)15-28(36)32(42-44)19-49-12-3-13-50-20-33-29-16-22-14-25(51(46,47)48)8-9-27(22)37(29)45(43-33)35-11-7-24(39)18-31(35)41/h1-2,4-11,14,17-18H,3,12-13,15-16,19-20H2,(H,46,47,48). The lowest BCUT2D eigenvalue weighted by molar-refractivity contribution is 0.0668. The van der Waals surface area contributed by atoms with Crippen LogP contribution in [-0.4, -0.2) is 45.7 Å². The molecule has 14 heteroatoms. The molecule has 6 aromatic rings. The Labute approximate surface area is 314 Å². The number of nitrogens with zero attached hydrogens (tertiary/aromatic N) is 4. The van der Waals surface area contributed by atoms with Crippen LogP contribution < -0.4 is 0 Å². The molecule has 1 N–H and O–H groups in total. The number of aromatic nitrogens is 4. The molecule has 0 unspecified atom stereocenters. The number of halogens is 4. The molecule has 2 aliphatic carbocycles. The molecular weight excluding hydrogens is 754 g/mol. The highest BCUT2D eigenvalue weighted by Gasteiger charge is 2.31. The van der Waals surface area contributed by atoms with Crippen molar-refractivity contribution in [3.8, 4) is 33.9 Å². The van der Waals surface area contributed by atoms with E-state index in [1.807, 2.05) is 22.9 Å². The highest BCUT2D eigenvalue weighted by Crippen LogP contribution is 2.43. The van der Waals surface area contributed by atoms with E-state index in [0.29, 0.717) is 64.1 Å². The largest absolute Gasteiger partial charge is 0.375 e. The van der Waals surface area contributed by atoms with E-state index < -0.39 is 10.1 Å². The highest BCUT2D eigenvalue weighted by molar-refractivity contribution is 7.85. The van der Waals surface area contributed by atoms with Crippen molar-refractivity contribution >= 4 is 56.5 Å². The second kappa shape index (κ2) is 13.7. The van der Waals surface area contributed by atoms with Crippen LogP contribution in [0.4, 0.5) is 0 Å². The molecule has 51 heavy (non-hydrogen) atoms. The van der Waals surface area contributed by atoms with Gasteiger partial charge in [-0.15, -0.1) is 0 Å². The highest BCUT2D eigenvalue weighted by atomic mass is 35.5. The third-order valence-corrected chi connectivity index (χ3v) is 11.0. The van der Waals surface area contributed by atoms with E-state index in [1.165, 1.54) is 17.7 Å². The average Bonchev–Trinajstić information content (AvgIpc) is 3.83. The van der Waals surface area contributed by atoms with E-state index in [0.717, 1.165) is 57.0 Å². The topological polar surface area (TPSA) is 108 Å². The van der Waals surface area contributed by atoms with Crippen LogP contribution in [0.15, 0.2) is 83.8 Å². The SMILES string of the molecule is O=S(=O)(O)c1ccc2c(c1)Cc1c(COCCCOCc3nn(-c4ccc(Cl)cc4Cl)c4c3Cc3ccccc3-4)nn(-c3ccc(Cl)cc3Cl)c1-2. The normalized spacial score (nSPS) is 13.0. The first kappa shape index (κ1) is 34.4. The van der Waals surface area contributed by atoms with Crippen LogP contribution >= 0.6 is 46.4 Å². The Hall–Kier alpha value is -3.71. The maximum Gasteiger partial charge on any atom is 0.294 e. The van der Waals surface area contributed by atoms with Crippen LogP contribution in [0.25, 0.3) is 33.9 Å². The van der Waals surface area contributed by atoms with Crippen LogP contribution in [0.2, 0.25) is 20.1 Å². The quantitative estimate of drug-likeness (QED) is 0.103. The van der Waals surface area contributed by atoms with Crippen LogP contribution in [-0.2, 0) is 45.6 Å². The monoisotopic (exact) mass is 780 g/mol. The molecule has 260 valence electrons.